The molecule has 2 atom stereocenters. The molecule has 0 aromatic rings. The second kappa shape index (κ2) is 5.15. The van der Waals surface area contributed by atoms with Gasteiger partial charge >= 0.3 is 0 Å². The molecule has 0 saturated carbocycles. The zero-order chi connectivity index (χ0) is 10.7. The molecule has 82 valence electrons. The van der Waals surface area contributed by atoms with Gasteiger partial charge in [-0.3, -0.25) is 4.90 Å². The maximum Gasteiger partial charge on any atom is 0.0339 e. The average molecular weight is 217 g/mol. The Labute approximate surface area is 92.3 Å². The Kier molecular flexibility index (Phi) is 4.42. The van der Waals surface area contributed by atoms with Gasteiger partial charge in [0.25, 0.3) is 0 Å². The van der Waals surface area contributed by atoms with Gasteiger partial charge in [-0.25, -0.2) is 0 Å². The van der Waals surface area contributed by atoms with Crippen LogP contribution in [0.2, 0.25) is 0 Å². The summed E-state index contributed by atoms with van der Waals surface area (Å²) in [5.74, 6) is 0.658. The van der Waals surface area contributed by atoms with Crippen molar-refractivity contribution >= 4 is 11.6 Å². The zero-order valence-corrected chi connectivity index (χ0v) is 10.1. The zero-order valence-electron chi connectivity index (χ0n) is 9.39. The molecule has 0 amide bonds. The molecular weight excluding hydrogens is 196 g/mol. The summed E-state index contributed by atoms with van der Waals surface area (Å²) in [5.41, 5.74) is 0. The van der Waals surface area contributed by atoms with E-state index in [0.29, 0.717) is 18.0 Å². The molecule has 0 aromatic carbocycles. The van der Waals surface area contributed by atoms with E-state index in [4.69, 9.17) is 11.6 Å². The third-order valence-corrected chi connectivity index (χ3v) is 2.92. The normalized spacial score (nSPS) is 29.5. The number of rotatable bonds is 3. The molecule has 1 saturated heterocycles. The summed E-state index contributed by atoms with van der Waals surface area (Å²) in [4.78, 5) is 2.43. The lowest BCUT2D eigenvalue weighted by atomic mass is 9.99. The number of hydrogen-bond donors (Lipinski definition) is 1. The Morgan fingerprint density at radius 3 is 2.79 bits per heavy atom. The van der Waals surface area contributed by atoms with E-state index >= 15 is 0 Å². The third kappa shape index (κ3) is 3.26. The minimum absolute atomic E-state index is 0.556. The summed E-state index contributed by atoms with van der Waals surface area (Å²) in [7, 11) is 0. The maximum absolute atomic E-state index is 5.87. The molecule has 0 aliphatic carbocycles. The van der Waals surface area contributed by atoms with Crippen molar-refractivity contribution in [3.05, 3.63) is 11.6 Å². The van der Waals surface area contributed by atoms with Crippen LogP contribution in [-0.2, 0) is 0 Å². The monoisotopic (exact) mass is 216 g/mol. The number of halogens is 1. The highest BCUT2D eigenvalue weighted by Crippen LogP contribution is 2.17. The molecule has 0 spiro atoms. The average Bonchev–Trinajstić information content (AvgIpc) is 2.01. The number of hydrogen-bond acceptors (Lipinski definition) is 2. The van der Waals surface area contributed by atoms with E-state index in [1.807, 2.05) is 0 Å². The highest BCUT2D eigenvalue weighted by atomic mass is 35.5. The lowest BCUT2D eigenvalue weighted by molar-refractivity contribution is 0.115. The summed E-state index contributed by atoms with van der Waals surface area (Å²) in [5, 5.41) is 4.24. The van der Waals surface area contributed by atoms with Crippen LogP contribution in [0.15, 0.2) is 11.6 Å². The van der Waals surface area contributed by atoms with Crippen molar-refractivity contribution in [2.45, 2.75) is 32.9 Å². The predicted octanol–water partition coefficient (Wildman–Crippen LogP) is 2.06. The Morgan fingerprint density at radius 1 is 1.64 bits per heavy atom. The van der Waals surface area contributed by atoms with E-state index in [-0.39, 0.29) is 0 Å². The fourth-order valence-corrected chi connectivity index (χ4v) is 2.22. The second-order valence-corrected chi connectivity index (χ2v) is 5.10. The Morgan fingerprint density at radius 2 is 2.29 bits per heavy atom. The number of nitrogens with zero attached hydrogens (tertiary/aromatic N) is 1. The first-order valence-corrected chi connectivity index (χ1v) is 5.69. The molecule has 1 aliphatic heterocycles. The fourth-order valence-electron chi connectivity index (χ4n) is 2.06. The molecule has 2 nitrogen and oxygen atoms in total. The van der Waals surface area contributed by atoms with Gasteiger partial charge in [0.05, 0.1) is 0 Å². The van der Waals surface area contributed by atoms with Crippen LogP contribution in [0.25, 0.3) is 0 Å². The smallest absolute Gasteiger partial charge is 0.0339 e. The topological polar surface area (TPSA) is 15.3 Å². The van der Waals surface area contributed by atoms with Gasteiger partial charge in [0.1, 0.15) is 0 Å². The van der Waals surface area contributed by atoms with Crippen LogP contribution in [-0.4, -0.2) is 36.6 Å². The molecule has 0 aromatic heterocycles. The Hall–Kier alpha value is -0.0500. The van der Waals surface area contributed by atoms with Crippen LogP contribution in [0, 0.1) is 5.92 Å². The third-order valence-electron chi connectivity index (χ3n) is 2.80. The summed E-state index contributed by atoms with van der Waals surface area (Å²) in [6, 6.07) is 1.14. The van der Waals surface area contributed by atoms with Crippen molar-refractivity contribution in [2.24, 2.45) is 5.92 Å². The van der Waals surface area contributed by atoms with E-state index in [1.165, 1.54) is 0 Å². The summed E-state index contributed by atoms with van der Waals surface area (Å²) in [6.07, 6.45) is 0. The van der Waals surface area contributed by atoms with Crippen molar-refractivity contribution in [3.8, 4) is 0 Å². The van der Waals surface area contributed by atoms with Gasteiger partial charge in [0.15, 0.2) is 0 Å². The summed E-state index contributed by atoms with van der Waals surface area (Å²) < 4.78 is 0. The van der Waals surface area contributed by atoms with Crippen LogP contribution in [0.1, 0.15) is 20.8 Å². The van der Waals surface area contributed by atoms with Gasteiger partial charge < -0.3 is 5.32 Å². The molecule has 3 heteroatoms. The molecule has 1 N–H and O–H groups in total. The second-order valence-electron chi connectivity index (χ2n) is 4.57. The minimum atomic E-state index is 0.556. The molecule has 0 radical (unpaired) electrons. The van der Waals surface area contributed by atoms with E-state index in [1.54, 1.807) is 0 Å². The molecular formula is C11H21ClN2. The SMILES string of the molecule is C=C(Cl)CN1CC(C)NCC1C(C)C. The van der Waals surface area contributed by atoms with Crippen molar-refractivity contribution < 1.29 is 0 Å². The van der Waals surface area contributed by atoms with Crippen LogP contribution in [0.5, 0.6) is 0 Å². The van der Waals surface area contributed by atoms with Crippen molar-refractivity contribution in [1.29, 1.82) is 0 Å². The summed E-state index contributed by atoms with van der Waals surface area (Å²) >= 11 is 5.87. The van der Waals surface area contributed by atoms with Crippen molar-refractivity contribution in [1.82, 2.24) is 10.2 Å². The fraction of sp³-hybridized carbons (Fsp3) is 0.818. The van der Waals surface area contributed by atoms with E-state index < -0.39 is 0 Å². The van der Waals surface area contributed by atoms with Crippen LogP contribution >= 0.6 is 11.6 Å². The van der Waals surface area contributed by atoms with Crippen LogP contribution in [0.3, 0.4) is 0 Å². The van der Waals surface area contributed by atoms with Gasteiger partial charge in [-0.1, -0.05) is 32.0 Å². The van der Waals surface area contributed by atoms with Gasteiger partial charge in [0.2, 0.25) is 0 Å². The van der Waals surface area contributed by atoms with Gasteiger partial charge in [-0.2, -0.15) is 0 Å². The quantitative estimate of drug-likeness (QED) is 0.777. The van der Waals surface area contributed by atoms with Gasteiger partial charge in [-0.05, 0) is 12.8 Å². The molecule has 1 rings (SSSR count). The van der Waals surface area contributed by atoms with E-state index in [9.17, 15) is 0 Å². The first kappa shape index (κ1) is 12.0. The van der Waals surface area contributed by atoms with Gasteiger partial charge in [-0.15, -0.1) is 0 Å². The predicted molar refractivity (Wildman–Crippen MR) is 62.7 cm³/mol. The molecule has 14 heavy (non-hydrogen) atoms. The first-order valence-electron chi connectivity index (χ1n) is 5.31. The first-order chi connectivity index (χ1) is 6.50. The highest BCUT2D eigenvalue weighted by molar-refractivity contribution is 6.29. The minimum Gasteiger partial charge on any atom is -0.311 e. The maximum atomic E-state index is 5.87. The standard InChI is InChI=1S/C11H21ClN2/c1-8(2)11-5-13-10(4)7-14(11)6-9(3)12/h8,10-11,13H,3,5-7H2,1-2,4H3. The molecule has 0 bridgehead atoms. The molecule has 1 heterocycles. The van der Waals surface area contributed by atoms with Crippen LogP contribution < -0.4 is 5.32 Å². The lowest BCUT2D eigenvalue weighted by Gasteiger charge is -2.41. The van der Waals surface area contributed by atoms with Gasteiger partial charge in [0, 0.05) is 36.8 Å². The Balaban J connectivity index is 2.58. The number of nitrogens with one attached hydrogen (secondary N) is 1. The highest BCUT2D eigenvalue weighted by Gasteiger charge is 2.27. The lowest BCUT2D eigenvalue weighted by Crippen LogP contribution is -2.57. The summed E-state index contributed by atoms with van der Waals surface area (Å²) in [6.45, 7) is 13.4. The largest absolute Gasteiger partial charge is 0.311 e. The van der Waals surface area contributed by atoms with E-state index in [2.05, 4.69) is 37.6 Å². The van der Waals surface area contributed by atoms with Crippen LogP contribution in [0.4, 0.5) is 0 Å². The molecule has 2 unspecified atom stereocenters. The Bertz CT molecular complexity index is 203. The van der Waals surface area contributed by atoms with E-state index in [0.717, 1.165) is 24.7 Å². The van der Waals surface area contributed by atoms with Crippen molar-refractivity contribution in [3.63, 3.8) is 0 Å². The van der Waals surface area contributed by atoms with Crippen molar-refractivity contribution in [2.75, 3.05) is 19.6 Å². The number of piperazine rings is 1. The molecule has 1 fully saturated rings. The molecule has 1 aliphatic rings.